The smallest absolute Gasteiger partial charge is 0.387 e. The van der Waals surface area contributed by atoms with E-state index in [0.717, 1.165) is 28.1 Å². The molecule has 2 aromatic carbocycles. The van der Waals surface area contributed by atoms with Gasteiger partial charge >= 0.3 is 6.61 Å². The molecule has 35 heavy (non-hydrogen) atoms. The van der Waals surface area contributed by atoms with Crippen LogP contribution in [0.25, 0.3) is 38.3 Å². The van der Waals surface area contributed by atoms with Crippen molar-refractivity contribution in [2.24, 2.45) is 0 Å². The van der Waals surface area contributed by atoms with E-state index in [0.29, 0.717) is 34.4 Å². The minimum Gasteiger partial charge on any atom is -0.435 e. The third kappa shape index (κ3) is 4.18. The number of ether oxygens (including phenoxy) is 1. The number of halogens is 2. The van der Waals surface area contributed by atoms with E-state index >= 15 is 0 Å². The van der Waals surface area contributed by atoms with Crippen LogP contribution < -0.4 is 15.6 Å². The van der Waals surface area contributed by atoms with Gasteiger partial charge in [0.05, 0.1) is 27.1 Å². The van der Waals surface area contributed by atoms with Gasteiger partial charge in [0.1, 0.15) is 17.0 Å². The number of anilines is 1. The second-order valence-electron chi connectivity index (χ2n) is 8.21. The van der Waals surface area contributed by atoms with Crippen LogP contribution in [-0.2, 0) is 0 Å². The number of fused-ring (bicyclic) bond motifs is 2. The van der Waals surface area contributed by atoms with Crippen LogP contribution >= 0.6 is 11.3 Å². The van der Waals surface area contributed by atoms with Crippen LogP contribution in [-0.4, -0.2) is 37.2 Å². The van der Waals surface area contributed by atoms with Crippen molar-refractivity contribution in [3.63, 3.8) is 0 Å². The van der Waals surface area contributed by atoms with Crippen LogP contribution in [0.3, 0.4) is 0 Å². The Bertz CT molecular complexity index is 1630. The summed E-state index contributed by atoms with van der Waals surface area (Å²) >= 11 is 1.54. The maximum absolute atomic E-state index is 13.8. The van der Waals surface area contributed by atoms with Gasteiger partial charge < -0.3 is 10.1 Å². The quantitative estimate of drug-likeness (QED) is 0.359. The second kappa shape index (κ2) is 8.35. The molecule has 0 amide bonds. The molecule has 3 heterocycles. The van der Waals surface area contributed by atoms with Crippen LogP contribution in [0.5, 0.6) is 5.75 Å². The molecule has 0 radical (unpaired) electrons. The number of thiazole rings is 1. The lowest BCUT2D eigenvalue weighted by atomic mass is 10.1. The number of aryl methyl sites for hydroxylation is 1. The summed E-state index contributed by atoms with van der Waals surface area (Å²) in [5.74, 6) is 0.397. The Labute approximate surface area is 201 Å². The van der Waals surface area contributed by atoms with Gasteiger partial charge in [-0.25, -0.2) is 15.0 Å². The first kappa shape index (κ1) is 21.5. The largest absolute Gasteiger partial charge is 0.435 e. The zero-order valence-electron chi connectivity index (χ0n) is 18.4. The number of nitrogens with zero attached hydrogens (tertiary/aromatic N) is 5. The Morgan fingerprint density at radius 3 is 2.63 bits per heavy atom. The lowest BCUT2D eigenvalue weighted by Gasteiger charge is -2.13. The Balaban J connectivity index is 1.55. The topological polar surface area (TPSA) is 94.8 Å². The zero-order chi connectivity index (χ0) is 24.1. The van der Waals surface area contributed by atoms with E-state index in [1.165, 1.54) is 40.2 Å². The van der Waals surface area contributed by atoms with E-state index in [9.17, 15) is 13.6 Å². The van der Waals surface area contributed by atoms with Crippen LogP contribution in [0.1, 0.15) is 17.8 Å². The van der Waals surface area contributed by atoms with Gasteiger partial charge in [0, 0.05) is 11.6 Å². The minimum absolute atomic E-state index is 0.00730. The second-order valence-corrected chi connectivity index (χ2v) is 9.44. The van der Waals surface area contributed by atoms with Gasteiger partial charge in [0.25, 0.3) is 5.56 Å². The van der Waals surface area contributed by atoms with Crippen LogP contribution in [0, 0.1) is 6.92 Å². The molecule has 1 aliphatic carbocycles. The van der Waals surface area contributed by atoms with E-state index in [1.54, 1.807) is 6.20 Å². The molecule has 3 aromatic heterocycles. The maximum Gasteiger partial charge on any atom is 0.387 e. The van der Waals surface area contributed by atoms with Crippen molar-refractivity contribution >= 4 is 38.7 Å². The highest BCUT2D eigenvalue weighted by molar-refractivity contribution is 7.18. The first-order chi connectivity index (χ1) is 16.9. The fourth-order valence-corrected chi connectivity index (χ4v) is 4.72. The number of hydrogen-bond donors (Lipinski definition) is 1. The van der Waals surface area contributed by atoms with Gasteiger partial charge in [0.2, 0.25) is 5.95 Å². The zero-order valence-corrected chi connectivity index (χ0v) is 19.2. The van der Waals surface area contributed by atoms with Gasteiger partial charge in [-0.05, 0) is 56.2 Å². The molecular weight excluding hydrogens is 474 g/mol. The lowest BCUT2D eigenvalue weighted by molar-refractivity contribution is -0.0498. The molecule has 0 atom stereocenters. The van der Waals surface area contributed by atoms with Crippen LogP contribution in [0.4, 0.5) is 14.7 Å². The van der Waals surface area contributed by atoms with Gasteiger partial charge in [0.15, 0.2) is 5.65 Å². The molecule has 0 saturated heterocycles. The molecule has 0 aliphatic heterocycles. The average Bonchev–Trinajstić information content (AvgIpc) is 3.56. The SMILES string of the molecule is Cc1nc2ccc(-c3nc4cnc(NC5CC5)nc4n(-c4ccc(OC(F)F)cc4)c3=O)cc2s1. The third-order valence-corrected chi connectivity index (χ3v) is 6.53. The molecule has 0 spiro atoms. The van der Waals surface area contributed by atoms with Crippen molar-refractivity contribution in [2.45, 2.75) is 32.4 Å². The number of benzene rings is 2. The summed E-state index contributed by atoms with van der Waals surface area (Å²) in [5, 5.41) is 4.16. The third-order valence-electron chi connectivity index (χ3n) is 5.60. The van der Waals surface area contributed by atoms with E-state index in [-0.39, 0.29) is 11.4 Å². The standard InChI is InChI=1S/C24H18F2N6O2S/c1-12-28-17-9-2-13(10-19(17)35-12)20-22(33)32(15-5-7-16(8-6-15)34-23(25)26)21-18(30-20)11-27-24(31-21)29-14-3-4-14/h2,5-11,14,23H,3-4H2,1H3,(H,27,29,31). The number of nitrogens with one attached hydrogen (secondary N) is 1. The predicted octanol–water partition coefficient (Wildman–Crippen LogP) is 4.94. The summed E-state index contributed by atoms with van der Waals surface area (Å²) in [6.07, 6.45) is 3.66. The molecule has 1 saturated carbocycles. The summed E-state index contributed by atoms with van der Waals surface area (Å²) in [5.41, 5.74) is 2.51. The molecule has 1 N–H and O–H groups in total. The van der Waals surface area contributed by atoms with E-state index in [2.05, 4.69) is 30.0 Å². The molecule has 8 nitrogen and oxygen atoms in total. The monoisotopic (exact) mass is 492 g/mol. The normalized spacial score (nSPS) is 13.6. The van der Waals surface area contributed by atoms with Gasteiger partial charge in [-0.3, -0.25) is 9.36 Å². The van der Waals surface area contributed by atoms with Gasteiger partial charge in [-0.2, -0.15) is 13.8 Å². The van der Waals surface area contributed by atoms with Crippen LogP contribution in [0.2, 0.25) is 0 Å². The molecule has 6 rings (SSSR count). The van der Waals surface area contributed by atoms with E-state index < -0.39 is 12.2 Å². The molecule has 11 heteroatoms. The summed E-state index contributed by atoms with van der Waals surface area (Å²) < 4.78 is 32.0. The molecule has 1 fully saturated rings. The average molecular weight is 493 g/mol. The highest BCUT2D eigenvalue weighted by atomic mass is 32.1. The Kier molecular flexibility index (Phi) is 5.14. The Morgan fingerprint density at radius 2 is 1.89 bits per heavy atom. The van der Waals surface area contributed by atoms with E-state index in [1.807, 2.05) is 25.1 Å². The predicted molar refractivity (Wildman–Crippen MR) is 130 cm³/mol. The highest BCUT2D eigenvalue weighted by Gasteiger charge is 2.23. The Hall–Kier alpha value is -3.99. The fraction of sp³-hybridized carbons (Fsp3) is 0.208. The summed E-state index contributed by atoms with van der Waals surface area (Å²) in [7, 11) is 0. The van der Waals surface area contributed by atoms with Crippen molar-refractivity contribution in [1.29, 1.82) is 0 Å². The summed E-state index contributed by atoms with van der Waals surface area (Å²) in [4.78, 5) is 31.8. The van der Waals surface area contributed by atoms with Crippen molar-refractivity contribution in [2.75, 3.05) is 5.32 Å². The van der Waals surface area contributed by atoms with Gasteiger partial charge in [-0.15, -0.1) is 11.3 Å². The molecular formula is C24H18F2N6O2S. The van der Waals surface area contributed by atoms with Crippen LogP contribution in [0.15, 0.2) is 53.5 Å². The minimum atomic E-state index is -2.94. The number of aromatic nitrogens is 5. The molecule has 0 bridgehead atoms. The molecule has 0 unspecified atom stereocenters. The fourth-order valence-electron chi connectivity index (χ4n) is 3.85. The lowest BCUT2D eigenvalue weighted by Crippen LogP contribution is -2.23. The molecule has 1 aliphatic rings. The maximum atomic E-state index is 13.8. The Morgan fingerprint density at radius 1 is 1.09 bits per heavy atom. The first-order valence-electron chi connectivity index (χ1n) is 10.9. The summed E-state index contributed by atoms with van der Waals surface area (Å²) in [6.45, 7) is -1.01. The number of alkyl halides is 2. The summed E-state index contributed by atoms with van der Waals surface area (Å²) in [6, 6.07) is 11.7. The number of hydrogen-bond acceptors (Lipinski definition) is 8. The van der Waals surface area contributed by atoms with Crippen molar-refractivity contribution in [3.05, 3.63) is 64.0 Å². The molecule has 176 valence electrons. The number of rotatable bonds is 6. The van der Waals surface area contributed by atoms with E-state index in [4.69, 9.17) is 0 Å². The van der Waals surface area contributed by atoms with Crippen molar-refractivity contribution in [3.8, 4) is 22.7 Å². The first-order valence-corrected chi connectivity index (χ1v) is 11.8. The van der Waals surface area contributed by atoms with Crippen molar-refractivity contribution in [1.82, 2.24) is 24.5 Å². The highest BCUT2D eigenvalue weighted by Crippen LogP contribution is 2.28. The van der Waals surface area contributed by atoms with Gasteiger partial charge in [-0.1, -0.05) is 6.07 Å². The molecule has 5 aromatic rings. The van der Waals surface area contributed by atoms with Crippen molar-refractivity contribution < 1.29 is 13.5 Å².